The smallest absolute Gasteiger partial charge is 0.273 e. The van der Waals surface area contributed by atoms with Crippen molar-refractivity contribution >= 4 is 11.6 Å². The summed E-state index contributed by atoms with van der Waals surface area (Å²) in [6.45, 7) is 2.03. The highest BCUT2D eigenvalue weighted by atomic mass is 16.5. The number of aromatic hydroxyl groups is 1. The van der Waals surface area contributed by atoms with E-state index in [1.807, 2.05) is 19.1 Å². The summed E-state index contributed by atoms with van der Waals surface area (Å²) in [5.41, 5.74) is 2.87. The Kier molecular flexibility index (Phi) is 5.30. The standard InChI is InChI=1S/C20H21N3O4/c1-4-12-5-7-18(24)14(9-12)15-11-17(23-22-15)20(25)21-16-10-13(26-2)6-8-19(16)27-3/h5-11,24H,4H2,1-3H3,(H,21,25)(H,22,23). The quantitative estimate of drug-likeness (QED) is 0.618. The second-order valence-corrected chi connectivity index (χ2v) is 5.89. The van der Waals surface area contributed by atoms with Crippen molar-refractivity contribution in [1.29, 1.82) is 0 Å². The molecule has 0 fully saturated rings. The third kappa shape index (κ3) is 3.87. The maximum absolute atomic E-state index is 12.6. The molecule has 0 aliphatic rings. The van der Waals surface area contributed by atoms with E-state index in [0.29, 0.717) is 28.4 Å². The van der Waals surface area contributed by atoms with Gasteiger partial charge in [-0.15, -0.1) is 0 Å². The van der Waals surface area contributed by atoms with Crippen molar-refractivity contribution in [3.8, 4) is 28.5 Å². The van der Waals surface area contributed by atoms with Gasteiger partial charge in [0.1, 0.15) is 22.9 Å². The Morgan fingerprint density at radius 2 is 1.96 bits per heavy atom. The number of amides is 1. The Labute approximate surface area is 157 Å². The molecule has 3 N–H and O–H groups in total. The van der Waals surface area contributed by atoms with Crippen LogP contribution in [0.15, 0.2) is 42.5 Å². The number of hydrogen-bond donors (Lipinski definition) is 3. The van der Waals surface area contributed by atoms with Gasteiger partial charge in [-0.25, -0.2) is 0 Å². The monoisotopic (exact) mass is 367 g/mol. The summed E-state index contributed by atoms with van der Waals surface area (Å²) in [5.74, 6) is 0.835. The first-order valence-corrected chi connectivity index (χ1v) is 8.46. The molecule has 0 aliphatic carbocycles. The second kappa shape index (κ2) is 7.82. The van der Waals surface area contributed by atoms with E-state index in [1.165, 1.54) is 7.11 Å². The lowest BCUT2D eigenvalue weighted by atomic mass is 10.1. The first kappa shape index (κ1) is 18.3. The molecule has 3 aromatic rings. The van der Waals surface area contributed by atoms with Crippen LogP contribution in [0.1, 0.15) is 23.0 Å². The van der Waals surface area contributed by atoms with Crippen molar-refractivity contribution in [2.45, 2.75) is 13.3 Å². The van der Waals surface area contributed by atoms with Gasteiger partial charge < -0.3 is 19.9 Å². The number of methoxy groups -OCH3 is 2. The molecule has 140 valence electrons. The molecule has 0 bridgehead atoms. The summed E-state index contributed by atoms with van der Waals surface area (Å²) in [5, 5.41) is 19.8. The van der Waals surface area contributed by atoms with Crippen molar-refractivity contribution in [2.75, 3.05) is 19.5 Å². The van der Waals surface area contributed by atoms with E-state index >= 15 is 0 Å². The lowest BCUT2D eigenvalue weighted by molar-refractivity contribution is 0.102. The molecule has 1 amide bonds. The van der Waals surface area contributed by atoms with Crippen LogP contribution in [0.2, 0.25) is 0 Å². The largest absolute Gasteiger partial charge is 0.507 e. The third-order valence-corrected chi connectivity index (χ3v) is 4.22. The maximum Gasteiger partial charge on any atom is 0.273 e. The van der Waals surface area contributed by atoms with Gasteiger partial charge in [0.15, 0.2) is 0 Å². The highest BCUT2D eigenvalue weighted by molar-refractivity contribution is 6.04. The minimum absolute atomic E-state index is 0.111. The van der Waals surface area contributed by atoms with Crippen LogP contribution in [0.5, 0.6) is 17.2 Å². The maximum atomic E-state index is 12.6. The number of nitrogens with one attached hydrogen (secondary N) is 2. The average Bonchev–Trinajstić information content (AvgIpc) is 3.18. The molecule has 0 unspecified atom stereocenters. The van der Waals surface area contributed by atoms with E-state index in [4.69, 9.17) is 9.47 Å². The third-order valence-electron chi connectivity index (χ3n) is 4.22. The first-order chi connectivity index (χ1) is 13.0. The van der Waals surface area contributed by atoms with Gasteiger partial charge >= 0.3 is 0 Å². The van der Waals surface area contributed by atoms with E-state index in [2.05, 4.69) is 15.5 Å². The molecule has 27 heavy (non-hydrogen) atoms. The molecule has 0 saturated carbocycles. The van der Waals surface area contributed by atoms with Crippen LogP contribution >= 0.6 is 0 Å². The number of carbonyl (C=O) groups is 1. The molecule has 2 aromatic carbocycles. The number of anilines is 1. The number of aromatic amines is 1. The van der Waals surface area contributed by atoms with Crippen molar-refractivity contribution in [2.24, 2.45) is 0 Å². The van der Waals surface area contributed by atoms with E-state index in [9.17, 15) is 9.90 Å². The normalized spacial score (nSPS) is 10.5. The fraction of sp³-hybridized carbons (Fsp3) is 0.200. The van der Waals surface area contributed by atoms with E-state index in [1.54, 1.807) is 37.4 Å². The van der Waals surface area contributed by atoms with Crippen LogP contribution in [-0.2, 0) is 6.42 Å². The van der Waals surface area contributed by atoms with Crippen LogP contribution < -0.4 is 14.8 Å². The Hall–Kier alpha value is -3.48. The number of aromatic nitrogens is 2. The van der Waals surface area contributed by atoms with E-state index in [0.717, 1.165) is 12.0 Å². The number of hydrogen-bond acceptors (Lipinski definition) is 5. The SMILES string of the molecule is CCc1ccc(O)c(-c2cc(C(=O)Nc3cc(OC)ccc3OC)[nH]n2)c1. The van der Waals surface area contributed by atoms with Crippen LogP contribution in [0, 0.1) is 0 Å². The number of rotatable bonds is 6. The Morgan fingerprint density at radius 3 is 2.67 bits per heavy atom. The highest BCUT2D eigenvalue weighted by Crippen LogP contribution is 2.31. The zero-order valence-corrected chi connectivity index (χ0v) is 15.4. The Bertz CT molecular complexity index is 966. The van der Waals surface area contributed by atoms with Gasteiger partial charge in [-0.1, -0.05) is 13.0 Å². The van der Waals surface area contributed by atoms with Crippen LogP contribution in [0.4, 0.5) is 5.69 Å². The predicted octanol–water partition coefficient (Wildman–Crippen LogP) is 3.61. The van der Waals surface area contributed by atoms with Crippen molar-refractivity contribution in [3.05, 3.63) is 53.7 Å². The average molecular weight is 367 g/mol. The summed E-state index contributed by atoms with van der Waals surface area (Å²) in [7, 11) is 3.07. The zero-order valence-electron chi connectivity index (χ0n) is 15.4. The van der Waals surface area contributed by atoms with Gasteiger partial charge in [0, 0.05) is 11.6 Å². The molecule has 7 nitrogen and oxygen atoms in total. The number of carbonyl (C=O) groups excluding carboxylic acids is 1. The second-order valence-electron chi connectivity index (χ2n) is 5.89. The predicted molar refractivity (Wildman–Crippen MR) is 103 cm³/mol. The first-order valence-electron chi connectivity index (χ1n) is 8.46. The fourth-order valence-corrected chi connectivity index (χ4v) is 2.69. The van der Waals surface area contributed by atoms with Crippen molar-refractivity contribution in [1.82, 2.24) is 10.2 Å². The van der Waals surface area contributed by atoms with Gasteiger partial charge in [0.2, 0.25) is 0 Å². The van der Waals surface area contributed by atoms with Crippen molar-refractivity contribution in [3.63, 3.8) is 0 Å². The lowest BCUT2D eigenvalue weighted by Crippen LogP contribution is -2.13. The number of ether oxygens (including phenoxy) is 2. The molecule has 0 saturated heterocycles. The van der Waals surface area contributed by atoms with Crippen LogP contribution in [-0.4, -0.2) is 35.4 Å². The number of phenols is 1. The summed E-state index contributed by atoms with van der Waals surface area (Å²) in [6.07, 6.45) is 0.834. The summed E-state index contributed by atoms with van der Waals surface area (Å²) >= 11 is 0. The molecule has 3 rings (SSSR count). The number of phenolic OH excluding ortho intramolecular Hbond substituents is 1. The summed E-state index contributed by atoms with van der Waals surface area (Å²) in [4.78, 5) is 12.6. The molecule has 0 atom stereocenters. The molecule has 1 aromatic heterocycles. The molecule has 0 radical (unpaired) electrons. The van der Waals surface area contributed by atoms with Gasteiger partial charge in [0.05, 0.1) is 25.6 Å². The number of nitrogens with zero attached hydrogens (tertiary/aromatic N) is 1. The molecule has 0 spiro atoms. The Morgan fingerprint density at radius 1 is 1.15 bits per heavy atom. The summed E-state index contributed by atoms with van der Waals surface area (Å²) in [6, 6.07) is 12.1. The Balaban J connectivity index is 1.86. The fourth-order valence-electron chi connectivity index (χ4n) is 2.69. The summed E-state index contributed by atoms with van der Waals surface area (Å²) < 4.78 is 10.5. The minimum atomic E-state index is -0.383. The zero-order chi connectivity index (χ0) is 19.4. The van der Waals surface area contributed by atoms with Crippen LogP contribution in [0.3, 0.4) is 0 Å². The highest BCUT2D eigenvalue weighted by Gasteiger charge is 2.16. The van der Waals surface area contributed by atoms with E-state index < -0.39 is 0 Å². The molecular formula is C20H21N3O4. The number of aryl methyl sites for hydroxylation is 1. The van der Waals surface area contributed by atoms with Gasteiger partial charge in [-0.3, -0.25) is 9.89 Å². The number of benzene rings is 2. The van der Waals surface area contributed by atoms with Crippen LogP contribution in [0.25, 0.3) is 11.3 Å². The van der Waals surface area contributed by atoms with Gasteiger partial charge in [0.25, 0.3) is 5.91 Å². The van der Waals surface area contributed by atoms with E-state index in [-0.39, 0.29) is 17.4 Å². The van der Waals surface area contributed by atoms with Crippen molar-refractivity contribution < 1.29 is 19.4 Å². The lowest BCUT2D eigenvalue weighted by Gasteiger charge is -2.11. The van der Waals surface area contributed by atoms with Gasteiger partial charge in [-0.2, -0.15) is 5.10 Å². The minimum Gasteiger partial charge on any atom is -0.507 e. The molecule has 0 aliphatic heterocycles. The topological polar surface area (TPSA) is 96.5 Å². The number of H-pyrrole nitrogens is 1. The molecular weight excluding hydrogens is 346 g/mol. The van der Waals surface area contributed by atoms with Gasteiger partial charge in [-0.05, 0) is 42.3 Å². The molecule has 1 heterocycles. The molecule has 7 heteroatoms.